The van der Waals surface area contributed by atoms with Crippen LogP contribution < -0.4 is 10.6 Å². The van der Waals surface area contributed by atoms with Crippen LogP contribution >= 0.6 is 11.6 Å². The summed E-state index contributed by atoms with van der Waals surface area (Å²) in [5, 5.41) is 5.28. The Labute approximate surface area is 121 Å². The van der Waals surface area contributed by atoms with Crippen LogP contribution in [0.25, 0.3) is 0 Å². The molecule has 0 atom stereocenters. The Kier molecular flexibility index (Phi) is 4.58. The van der Waals surface area contributed by atoms with E-state index >= 15 is 0 Å². The Balaban J connectivity index is 1.89. The third-order valence-corrected chi connectivity index (χ3v) is 3.04. The van der Waals surface area contributed by atoms with Crippen molar-refractivity contribution in [2.75, 3.05) is 5.32 Å². The van der Waals surface area contributed by atoms with Crippen LogP contribution in [-0.4, -0.2) is 6.03 Å². The Bertz CT molecular complexity index is 614. The molecule has 0 aromatic heterocycles. The van der Waals surface area contributed by atoms with Gasteiger partial charge in [0.05, 0.1) is 5.02 Å². The topological polar surface area (TPSA) is 41.1 Å². The van der Waals surface area contributed by atoms with Crippen LogP contribution in [0.1, 0.15) is 11.1 Å². The highest BCUT2D eigenvalue weighted by Crippen LogP contribution is 2.19. The third kappa shape index (κ3) is 3.96. The number of rotatable bonds is 3. The number of halogens is 2. The molecule has 0 fully saturated rings. The van der Waals surface area contributed by atoms with Gasteiger partial charge in [0, 0.05) is 12.2 Å². The highest BCUT2D eigenvalue weighted by Gasteiger charge is 2.04. The normalized spacial score (nSPS) is 10.2. The molecule has 3 nitrogen and oxygen atoms in total. The van der Waals surface area contributed by atoms with Crippen LogP contribution in [0.2, 0.25) is 5.02 Å². The van der Waals surface area contributed by atoms with Gasteiger partial charge in [-0.3, -0.25) is 0 Å². The van der Waals surface area contributed by atoms with E-state index in [1.807, 2.05) is 31.2 Å². The van der Waals surface area contributed by atoms with Gasteiger partial charge in [0.2, 0.25) is 0 Å². The van der Waals surface area contributed by atoms with Gasteiger partial charge in [-0.2, -0.15) is 0 Å². The summed E-state index contributed by atoms with van der Waals surface area (Å²) in [7, 11) is 0. The molecule has 2 amide bonds. The third-order valence-electron chi connectivity index (χ3n) is 2.75. The molecule has 0 aliphatic rings. The highest BCUT2D eigenvalue weighted by molar-refractivity contribution is 6.31. The van der Waals surface area contributed by atoms with Crippen molar-refractivity contribution in [2.24, 2.45) is 0 Å². The molecule has 104 valence electrons. The van der Waals surface area contributed by atoms with E-state index in [0.717, 1.165) is 5.56 Å². The quantitative estimate of drug-likeness (QED) is 0.878. The van der Waals surface area contributed by atoms with Crippen LogP contribution in [0.3, 0.4) is 0 Å². The van der Waals surface area contributed by atoms with E-state index in [-0.39, 0.29) is 11.1 Å². The van der Waals surface area contributed by atoms with E-state index in [0.29, 0.717) is 12.2 Å². The molecule has 2 rings (SSSR count). The van der Waals surface area contributed by atoms with Crippen molar-refractivity contribution in [3.63, 3.8) is 0 Å². The number of anilines is 1. The van der Waals surface area contributed by atoms with Gasteiger partial charge < -0.3 is 10.6 Å². The lowest BCUT2D eigenvalue weighted by atomic mass is 10.1. The second kappa shape index (κ2) is 6.39. The van der Waals surface area contributed by atoms with Crippen LogP contribution in [0.15, 0.2) is 42.5 Å². The summed E-state index contributed by atoms with van der Waals surface area (Å²) in [5.74, 6) is -0.516. The van der Waals surface area contributed by atoms with Crippen LogP contribution in [0.4, 0.5) is 14.9 Å². The average Bonchev–Trinajstić information content (AvgIpc) is 2.42. The smallest absolute Gasteiger partial charge is 0.319 e. The minimum atomic E-state index is -0.516. The lowest BCUT2D eigenvalue weighted by Gasteiger charge is -2.08. The summed E-state index contributed by atoms with van der Waals surface area (Å²) >= 11 is 5.64. The number of benzene rings is 2. The summed E-state index contributed by atoms with van der Waals surface area (Å²) in [5.41, 5.74) is 2.61. The van der Waals surface area contributed by atoms with E-state index in [1.54, 1.807) is 0 Å². The van der Waals surface area contributed by atoms with Gasteiger partial charge in [0.1, 0.15) is 5.82 Å². The molecule has 2 aromatic rings. The first-order valence-electron chi connectivity index (χ1n) is 6.10. The Hall–Kier alpha value is -2.07. The fourth-order valence-electron chi connectivity index (χ4n) is 1.64. The summed E-state index contributed by atoms with van der Waals surface area (Å²) in [6, 6.07) is 11.5. The molecule has 0 unspecified atom stereocenters. The van der Waals surface area contributed by atoms with Crippen molar-refractivity contribution >= 4 is 23.3 Å². The van der Waals surface area contributed by atoms with Crippen molar-refractivity contribution in [1.29, 1.82) is 0 Å². The maximum atomic E-state index is 13.0. The average molecular weight is 293 g/mol. The molecule has 0 bridgehead atoms. The second-order valence-electron chi connectivity index (χ2n) is 4.42. The molecule has 5 heteroatoms. The second-order valence-corrected chi connectivity index (χ2v) is 4.83. The summed E-state index contributed by atoms with van der Waals surface area (Å²) in [4.78, 5) is 11.7. The largest absolute Gasteiger partial charge is 0.334 e. The van der Waals surface area contributed by atoms with Crippen LogP contribution in [0, 0.1) is 12.7 Å². The first-order chi connectivity index (χ1) is 9.54. The van der Waals surface area contributed by atoms with Crippen LogP contribution in [-0.2, 0) is 6.54 Å². The van der Waals surface area contributed by atoms with E-state index in [1.165, 1.54) is 23.8 Å². The number of amides is 2. The van der Waals surface area contributed by atoms with Gasteiger partial charge in [0.25, 0.3) is 0 Å². The Morgan fingerprint density at radius 1 is 1.20 bits per heavy atom. The zero-order valence-electron chi connectivity index (χ0n) is 10.9. The SMILES string of the molecule is Cc1ccc(CNC(=O)Nc2ccc(F)c(Cl)c2)cc1. The van der Waals surface area contributed by atoms with E-state index in [9.17, 15) is 9.18 Å². The molecule has 2 aromatic carbocycles. The lowest BCUT2D eigenvalue weighted by molar-refractivity contribution is 0.251. The fourth-order valence-corrected chi connectivity index (χ4v) is 1.82. The number of hydrogen-bond acceptors (Lipinski definition) is 1. The van der Waals surface area contributed by atoms with E-state index in [4.69, 9.17) is 11.6 Å². The molecule has 0 saturated carbocycles. The minimum Gasteiger partial charge on any atom is -0.334 e. The predicted octanol–water partition coefficient (Wildman–Crippen LogP) is 4.11. The molecule has 0 aliphatic carbocycles. The first kappa shape index (κ1) is 14.3. The number of nitrogens with one attached hydrogen (secondary N) is 2. The van der Waals surface area contributed by atoms with Crippen LogP contribution in [0.5, 0.6) is 0 Å². The van der Waals surface area contributed by atoms with Crippen molar-refractivity contribution < 1.29 is 9.18 Å². The monoisotopic (exact) mass is 292 g/mol. The van der Waals surface area contributed by atoms with Crippen molar-refractivity contribution in [3.8, 4) is 0 Å². The van der Waals surface area contributed by atoms with Gasteiger partial charge in [-0.25, -0.2) is 9.18 Å². The maximum absolute atomic E-state index is 13.0. The standard InChI is InChI=1S/C15H14ClFN2O/c1-10-2-4-11(5-3-10)9-18-15(20)19-12-6-7-14(17)13(16)8-12/h2-8H,9H2,1H3,(H2,18,19,20). The number of hydrogen-bond donors (Lipinski definition) is 2. The summed E-state index contributed by atoms with van der Waals surface area (Å²) < 4.78 is 13.0. The van der Waals surface area contributed by atoms with E-state index < -0.39 is 5.82 Å². The van der Waals surface area contributed by atoms with Crippen molar-refractivity contribution in [3.05, 3.63) is 64.4 Å². The zero-order chi connectivity index (χ0) is 14.5. The van der Waals surface area contributed by atoms with Gasteiger partial charge in [0.15, 0.2) is 0 Å². The summed E-state index contributed by atoms with van der Waals surface area (Å²) in [6.07, 6.45) is 0. The number of carbonyl (C=O) groups is 1. The molecule has 0 spiro atoms. The van der Waals surface area contributed by atoms with Gasteiger partial charge in [-0.05, 0) is 30.7 Å². The number of carbonyl (C=O) groups excluding carboxylic acids is 1. The molecule has 0 heterocycles. The molecular weight excluding hydrogens is 279 g/mol. The first-order valence-corrected chi connectivity index (χ1v) is 6.48. The summed E-state index contributed by atoms with van der Waals surface area (Å²) in [6.45, 7) is 2.42. The highest BCUT2D eigenvalue weighted by atomic mass is 35.5. The molecule has 20 heavy (non-hydrogen) atoms. The van der Waals surface area contributed by atoms with Gasteiger partial charge in [-0.15, -0.1) is 0 Å². The Morgan fingerprint density at radius 2 is 1.90 bits per heavy atom. The maximum Gasteiger partial charge on any atom is 0.319 e. The van der Waals surface area contributed by atoms with Gasteiger partial charge in [-0.1, -0.05) is 41.4 Å². The lowest BCUT2D eigenvalue weighted by Crippen LogP contribution is -2.28. The van der Waals surface area contributed by atoms with Crippen molar-refractivity contribution in [2.45, 2.75) is 13.5 Å². The molecule has 0 saturated heterocycles. The van der Waals surface area contributed by atoms with Crippen molar-refractivity contribution in [1.82, 2.24) is 5.32 Å². The fraction of sp³-hybridized carbons (Fsp3) is 0.133. The number of urea groups is 1. The molecular formula is C15H14ClFN2O. The Morgan fingerprint density at radius 3 is 2.55 bits per heavy atom. The minimum absolute atomic E-state index is 0.0265. The molecule has 0 aliphatic heterocycles. The zero-order valence-corrected chi connectivity index (χ0v) is 11.7. The molecule has 0 radical (unpaired) electrons. The number of aryl methyl sites for hydroxylation is 1. The van der Waals surface area contributed by atoms with E-state index in [2.05, 4.69) is 10.6 Å². The van der Waals surface area contributed by atoms with Gasteiger partial charge >= 0.3 is 6.03 Å². The molecule has 2 N–H and O–H groups in total. The predicted molar refractivity (Wildman–Crippen MR) is 78.4 cm³/mol.